The van der Waals surface area contributed by atoms with Crippen LogP contribution in [0, 0.1) is 0 Å². The molecule has 0 rings (SSSR count). The molecule has 0 saturated heterocycles. The third kappa shape index (κ3) is 9.48. The van der Waals surface area contributed by atoms with Crippen LogP contribution in [-0.2, 0) is 14.3 Å². The standard InChI is InChI=1S/C10H21NO3/c1-4-13-7-8-14-9(12)5-6-10(2,3)11/h4-8,11H2,1-3H3. The van der Waals surface area contributed by atoms with E-state index in [-0.39, 0.29) is 11.5 Å². The van der Waals surface area contributed by atoms with Crippen molar-refractivity contribution in [2.45, 2.75) is 39.2 Å². The SMILES string of the molecule is CCOCCOC(=O)CCC(C)(C)N. The summed E-state index contributed by atoms with van der Waals surface area (Å²) < 4.78 is 9.95. The van der Waals surface area contributed by atoms with Gasteiger partial charge in [0.15, 0.2) is 0 Å². The molecule has 0 aliphatic rings. The molecule has 0 atom stereocenters. The Labute approximate surface area is 85.8 Å². The number of ether oxygens (including phenoxy) is 2. The number of carbonyl (C=O) groups excluding carboxylic acids is 1. The summed E-state index contributed by atoms with van der Waals surface area (Å²) in [6.45, 7) is 7.12. The lowest BCUT2D eigenvalue weighted by Crippen LogP contribution is -2.32. The second kappa shape index (κ2) is 6.79. The van der Waals surface area contributed by atoms with Crippen LogP contribution in [0.25, 0.3) is 0 Å². The number of rotatable bonds is 7. The molecule has 0 saturated carbocycles. The molecule has 0 aromatic carbocycles. The van der Waals surface area contributed by atoms with E-state index in [9.17, 15) is 4.79 Å². The van der Waals surface area contributed by atoms with E-state index in [2.05, 4.69) is 0 Å². The lowest BCUT2D eigenvalue weighted by molar-refractivity contribution is -0.145. The van der Waals surface area contributed by atoms with Gasteiger partial charge in [-0.25, -0.2) is 0 Å². The lowest BCUT2D eigenvalue weighted by atomic mass is 10.0. The molecule has 0 spiro atoms. The molecule has 0 aliphatic carbocycles. The zero-order valence-electron chi connectivity index (χ0n) is 9.34. The van der Waals surface area contributed by atoms with Gasteiger partial charge in [0.2, 0.25) is 0 Å². The van der Waals surface area contributed by atoms with Gasteiger partial charge in [0.25, 0.3) is 0 Å². The molecule has 0 aromatic heterocycles. The van der Waals surface area contributed by atoms with E-state index in [1.807, 2.05) is 20.8 Å². The van der Waals surface area contributed by atoms with Crippen LogP contribution in [0.15, 0.2) is 0 Å². The van der Waals surface area contributed by atoms with Gasteiger partial charge in [-0.2, -0.15) is 0 Å². The van der Waals surface area contributed by atoms with Crippen LogP contribution in [0.2, 0.25) is 0 Å². The summed E-state index contributed by atoms with van der Waals surface area (Å²) in [6, 6.07) is 0. The number of hydrogen-bond acceptors (Lipinski definition) is 4. The van der Waals surface area contributed by atoms with Gasteiger partial charge >= 0.3 is 5.97 Å². The van der Waals surface area contributed by atoms with Gasteiger partial charge < -0.3 is 15.2 Å². The van der Waals surface area contributed by atoms with Crippen LogP contribution in [0.4, 0.5) is 0 Å². The molecule has 4 heteroatoms. The monoisotopic (exact) mass is 203 g/mol. The molecule has 0 heterocycles. The number of esters is 1. The highest BCUT2D eigenvalue weighted by molar-refractivity contribution is 5.69. The van der Waals surface area contributed by atoms with Crippen molar-refractivity contribution < 1.29 is 14.3 Å². The first-order valence-corrected chi connectivity index (χ1v) is 4.98. The van der Waals surface area contributed by atoms with Crippen LogP contribution in [0.1, 0.15) is 33.6 Å². The minimum absolute atomic E-state index is 0.205. The highest BCUT2D eigenvalue weighted by atomic mass is 16.6. The second-order valence-corrected chi connectivity index (χ2v) is 3.91. The predicted molar refractivity (Wildman–Crippen MR) is 55.0 cm³/mol. The van der Waals surface area contributed by atoms with E-state index in [0.29, 0.717) is 32.7 Å². The van der Waals surface area contributed by atoms with Crippen LogP contribution in [0.3, 0.4) is 0 Å². The lowest BCUT2D eigenvalue weighted by Gasteiger charge is -2.17. The first-order valence-electron chi connectivity index (χ1n) is 4.98. The summed E-state index contributed by atoms with van der Waals surface area (Å²) in [5, 5.41) is 0. The van der Waals surface area contributed by atoms with E-state index in [4.69, 9.17) is 15.2 Å². The zero-order chi connectivity index (χ0) is 11.0. The second-order valence-electron chi connectivity index (χ2n) is 3.91. The summed E-state index contributed by atoms with van der Waals surface area (Å²) in [7, 11) is 0. The van der Waals surface area contributed by atoms with E-state index >= 15 is 0 Å². The molecule has 2 N–H and O–H groups in total. The fraction of sp³-hybridized carbons (Fsp3) is 0.900. The Morgan fingerprint density at radius 3 is 2.50 bits per heavy atom. The summed E-state index contributed by atoms with van der Waals surface area (Å²) in [5.74, 6) is -0.205. The van der Waals surface area contributed by atoms with Crippen LogP contribution in [-0.4, -0.2) is 31.3 Å². The van der Waals surface area contributed by atoms with Crippen molar-refractivity contribution in [1.29, 1.82) is 0 Å². The van der Waals surface area contributed by atoms with Crippen molar-refractivity contribution >= 4 is 5.97 Å². The molecule has 0 amide bonds. The predicted octanol–water partition coefficient (Wildman–Crippen LogP) is 1.08. The summed E-state index contributed by atoms with van der Waals surface area (Å²) in [5.41, 5.74) is 5.42. The molecule has 0 fully saturated rings. The normalized spacial score (nSPS) is 11.4. The summed E-state index contributed by atoms with van der Waals surface area (Å²) in [6.07, 6.45) is 1.01. The number of hydrogen-bond donors (Lipinski definition) is 1. The fourth-order valence-corrected chi connectivity index (χ4v) is 0.855. The van der Waals surface area contributed by atoms with Crippen molar-refractivity contribution in [2.75, 3.05) is 19.8 Å². The Bertz CT molecular complexity index is 163. The van der Waals surface area contributed by atoms with Gasteiger partial charge in [0.05, 0.1) is 6.61 Å². The molecule has 14 heavy (non-hydrogen) atoms. The van der Waals surface area contributed by atoms with Gasteiger partial charge in [0, 0.05) is 18.6 Å². The highest BCUT2D eigenvalue weighted by Crippen LogP contribution is 2.07. The Hall–Kier alpha value is -0.610. The maximum absolute atomic E-state index is 11.1. The average molecular weight is 203 g/mol. The summed E-state index contributed by atoms with van der Waals surface area (Å²) in [4.78, 5) is 11.1. The van der Waals surface area contributed by atoms with Gasteiger partial charge in [0.1, 0.15) is 6.61 Å². The van der Waals surface area contributed by atoms with E-state index in [0.717, 1.165) is 0 Å². The maximum atomic E-state index is 11.1. The Balaban J connectivity index is 3.38. The molecule has 0 radical (unpaired) electrons. The molecular formula is C10H21NO3. The average Bonchev–Trinajstić information content (AvgIpc) is 2.08. The Morgan fingerprint density at radius 1 is 1.36 bits per heavy atom. The first kappa shape index (κ1) is 13.4. The fourth-order valence-electron chi connectivity index (χ4n) is 0.855. The third-order valence-electron chi connectivity index (χ3n) is 1.67. The molecule has 0 aromatic rings. The molecular weight excluding hydrogens is 182 g/mol. The van der Waals surface area contributed by atoms with Gasteiger partial charge in [-0.1, -0.05) is 0 Å². The van der Waals surface area contributed by atoms with Crippen molar-refractivity contribution in [3.05, 3.63) is 0 Å². The number of nitrogens with two attached hydrogens (primary N) is 1. The Morgan fingerprint density at radius 2 is 2.00 bits per heavy atom. The van der Waals surface area contributed by atoms with E-state index in [1.165, 1.54) is 0 Å². The molecule has 4 nitrogen and oxygen atoms in total. The van der Waals surface area contributed by atoms with Crippen LogP contribution >= 0.6 is 0 Å². The van der Waals surface area contributed by atoms with Gasteiger partial charge in [-0.3, -0.25) is 4.79 Å². The zero-order valence-corrected chi connectivity index (χ0v) is 9.34. The van der Waals surface area contributed by atoms with Crippen LogP contribution in [0.5, 0.6) is 0 Å². The molecule has 0 bridgehead atoms. The molecule has 0 unspecified atom stereocenters. The van der Waals surface area contributed by atoms with Crippen LogP contribution < -0.4 is 5.73 Å². The smallest absolute Gasteiger partial charge is 0.305 e. The Kier molecular flexibility index (Phi) is 6.49. The van der Waals surface area contributed by atoms with E-state index in [1.54, 1.807) is 0 Å². The largest absolute Gasteiger partial charge is 0.463 e. The molecule has 0 aliphatic heterocycles. The van der Waals surface area contributed by atoms with Crippen molar-refractivity contribution in [2.24, 2.45) is 5.73 Å². The minimum Gasteiger partial charge on any atom is -0.463 e. The minimum atomic E-state index is -0.307. The summed E-state index contributed by atoms with van der Waals surface area (Å²) >= 11 is 0. The van der Waals surface area contributed by atoms with Crippen molar-refractivity contribution in [1.82, 2.24) is 0 Å². The van der Waals surface area contributed by atoms with Gasteiger partial charge in [-0.15, -0.1) is 0 Å². The first-order chi connectivity index (χ1) is 6.45. The molecule has 84 valence electrons. The number of carbonyl (C=O) groups is 1. The topological polar surface area (TPSA) is 61.5 Å². The van der Waals surface area contributed by atoms with Gasteiger partial charge in [-0.05, 0) is 27.2 Å². The van der Waals surface area contributed by atoms with Crippen molar-refractivity contribution in [3.63, 3.8) is 0 Å². The highest BCUT2D eigenvalue weighted by Gasteiger charge is 2.13. The quantitative estimate of drug-likeness (QED) is 0.497. The maximum Gasteiger partial charge on any atom is 0.305 e. The third-order valence-corrected chi connectivity index (χ3v) is 1.67. The van der Waals surface area contributed by atoms with E-state index < -0.39 is 0 Å². The van der Waals surface area contributed by atoms with Crippen molar-refractivity contribution in [3.8, 4) is 0 Å².